The van der Waals surface area contributed by atoms with Crippen LogP contribution < -0.4 is 5.32 Å². The summed E-state index contributed by atoms with van der Waals surface area (Å²) in [5.74, 6) is -0.188. The van der Waals surface area contributed by atoms with Crippen LogP contribution in [0.15, 0.2) is 60.0 Å². The van der Waals surface area contributed by atoms with E-state index in [4.69, 9.17) is 0 Å². The fourth-order valence-corrected chi connectivity index (χ4v) is 3.57. The number of hydrogen-bond donors (Lipinski definition) is 1. The Bertz CT molecular complexity index is 1100. The molecule has 4 aromatic rings. The molecule has 128 valence electrons. The van der Waals surface area contributed by atoms with Crippen molar-refractivity contribution in [3.05, 3.63) is 76.8 Å². The predicted molar refractivity (Wildman–Crippen MR) is 107 cm³/mol. The SMILES string of the molecule is Cc1ccc2nc(C)c(C(=O)Nc3nc(-c4ccccc4)cs3)cc2c1. The van der Waals surface area contributed by atoms with Crippen molar-refractivity contribution in [1.82, 2.24) is 9.97 Å². The van der Waals surface area contributed by atoms with Crippen LogP contribution >= 0.6 is 11.3 Å². The van der Waals surface area contributed by atoms with E-state index >= 15 is 0 Å². The van der Waals surface area contributed by atoms with Crippen LogP contribution in [0.1, 0.15) is 21.6 Å². The predicted octanol–water partition coefficient (Wildman–Crippen LogP) is 5.23. The van der Waals surface area contributed by atoms with E-state index < -0.39 is 0 Å². The summed E-state index contributed by atoms with van der Waals surface area (Å²) in [5.41, 5.74) is 5.20. The first-order chi connectivity index (χ1) is 12.6. The lowest BCUT2D eigenvalue weighted by molar-refractivity contribution is 0.102. The van der Waals surface area contributed by atoms with E-state index in [2.05, 4.69) is 15.3 Å². The molecule has 5 heteroatoms. The van der Waals surface area contributed by atoms with E-state index in [-0.39, 0.29) is 5.91 Å². The fraction of sp³-hybridized carbons (Fsp3) is 0.0952. The largest absolute Gasteiger partial charge is 0.298 e. The zero-order chi connectivity index (χ0) is 18.1. The molecule has 0 spiro atoms. The Balaban J connectivity index is 1.61. The lowest BCUT2D eigenvalue weighted by atomic mass is 10.1. The number of pyridine rings is 1. The van der Waals surface area contributed by atoms with Crippen molar-refractivity contribution >= 4 is 33.3 Å². The van der Waals surface area contributed by atoms with Gasteiger partial charge in [0.2, 0.25) is 0 Å². The molecule has 1 amide bonds. The molecule has 0 radical (unpaired) electrons. The van der Waals surface area contributed by atoms with Crippen molar-refractivity contribution in [2.45, 2.75) is 13.8 Å². The minimum Gasteiger partial charge on any atom is -0.298 e. The van der Waals surface area contributed by atoms with Crippen LogP contribution in [0.4, 0.5) is 5.13 Å². The lowest BCUT2D eigenvalue weighted by Crippen LogP contribution is -2.14. The summed E-state index contributed by atoms with van der Waals surface area (Å²) in [6, 6.07) is 17.8. The molecule has 0 aliphatic rings. The molecule has 0 aliphatic heterocycles. The molecule has 0 saturated carbocycles. The molecule has 4 nitrogen and oxygen atoms in total. The third-order valence-corrected chi connectivity index (χ3v) is 4.96. The molecular weight excluding hydrogens is 342 g/mol. The highest BCUT2D eigenvalue weighted by Crippen LogP contribution is 2.25. The maximum atomic E-state index is 12.7. The number of hydrogen-bond acceptors (Lipinski definition) is 4. The maximum Gasteiger partial charge on any atom is 0.259 e. The second-order valence-corrected chi connectivity index (χ2v) is 7.03. The number of benzene rings is 2. The second kappa shape index (κ2) is 6.69. The quantitative estimate of drug-likeness (QED) is 0.545. The van der Waals surface area contributed by atoms with E-state index in [0.29, 0.717) is 16.4 Å². The first-order valence-corrected chi connectivity index (χ1v) is 9.18. The van der Waals surface area contributed by atoms with Gasteiger partial charge in [0.05, 0.1) is 22.5 Å². The van der Waals surface area contributed by atoms with Crippen LogP contribution in [-0.4, -0.2) is 15.9 Å². The molecule has 2 aromatic carbocycles. The minimum absolute atomic E-state index is 0.188. The molecule has 0 fully saturated rings. The monoisotopic (exact) mass is 359 g/mol. The van der Waals surface area contributed by atoms with Crippen molar-refractivity contribution in [2.75, 3.05) is 5.32 Å². The van der Waals surface area contributed by atoms with Gasteiger partial charge in [-0.05, 0) is 32.0 Å². The number of rotatable bonds is 3. The summed E-state index contributed by atoms with van der Waals surface area (Å²) < 4.78 is 0. The zero-order valence-electron chi connectivity index (χ0n) is 14.5. The number of carbonyl (C=O) groups is 1. The van der Waals surface area contributed by atoms with Crippen molar-refractivity contribution in [1.29, 1.82) is 0 Å². The number of aryl methyl sites for hydroxylation is 2. The molecular formula is C21H17N3OS. The van der Waals surface area contributed by atoms with Gasteiger partial charge in [0.1, 0.15) is 0 Å². The highest BCUT2D eigenvalue weighted by molar-refractivity contribution is 7.14. The van der Waals surface area contributed by atoms with Gasteiger partial charge in [-0.1, -0.05) is 42.0 Å². The topological polar surface area (TPSA) is 54.9 Å². The number of fused-ring (bicyclic) bond motifs is 1. The number of aromatic nitrogens is 2. The van der Waals surface area contributed by atoms with Gasteiger partial charge in [-0.25, -0.2) is 4.98 Å². The average molecular weight is 359 g/mol. The Labute approximate surface area is 155 Å². The Morgan fingerprint density at radius 3 is 2.62 bits per heavy atom. The van der Waals surface area contributed by atoms with Crippen LogP contribution in [0.2, 0.25) is 0 Å². The number of nitrogens with zero attached hydrogens (tertiary/aromatic N) is 2. The Kier molecular flexibility index (Phi) is 4.22. The Hall–Kier alpha value is -3.05. The summed E-state index contributed by atoms with van der Waals surface area (Å²) in [6.45, 7) is 3.88. The molecule has 0 saturated heterocycles. The van der Waals surface area contributed by atoms with E-state index in [1.807, 2.05) is 73.8 Å². The number of amides is 1. The number of nitrogens with one attached hydrogen (secondary N) is 1. The maximum absolute atomic E-state index is 12.7. The van der Waals surface area contributed by atoms with Crippen LogP contribution in [0.3, 0.4) is 0 Å². The lowest BCUT2D eigenvalue weighted by Gasteiger charge is -2.07. The summed E-state index contributed by atoms with van der Waals surface area (Å²) in [5, 5.41) is 6.39. The van der Waals surface area contributed by atoms with Gasteiger partial charge in [-0.15, -0.1) is 11.3 Å². The Morgan fingerprint density at radius 1 is 1.00 bits per heavy atom. The van der Waals surface area contributed by atoms with Crippen molar-refractivity contribution in [2.24, 2.45) is 0 Å². The Morgan fingerprint density at radius 2 is 1.81 bits per heavy atom. The molecule has 0 aliphatic carbocycles. The first kappa shape index (κ1) is 16.4. The van der Waals surface area contributed by atoms with Crippen LogP contribution in [-0.2, 0) is 0 Å². The smallest absolute Gasteiger partial charge is 0.259 e. The van der Waals surface area contributed by atoms with Crippen molar-refractivity contribution < 1.29 is 4.79 Å². The zero-order valence-corrected chi connectivity index (χ0v) is 15.3. The van der Waals surface area contributed by atoms with Crippen molar-refractivity contribution in [3.8, 4) is 11.3 Å². The summed E-state index contributed by atoms with van der Waals surface area (Å²) in [6.07, 6.45) is 0. The highest BCUT2D eigenvalue weighted by atomic mass is 32.1. The molecule has 0 atom stereocenters. The molecule has 2 heterocycles. The van der Waals surface area contributed by atoms with Gasteiger partial charge in [-0.2, -0.15) is 0 Å². The van der Waals surface area contributed by atoms with Gasteiger partial charge in [0, 0.05) is 16.3 Å². The molecule has 0 bridgehead atoms. The number of anilines is 1. The van der Waals surface area contributed by atoms with Gasteiger partial charge in [0.15, 0.2) is 5.13 Å². The van der Waals surface area contributed by atoms with E-state index in [1.165, 1.54) is 11.3 Å². The third-order valence-electron chi connectivity index (χ3n) is 4.20. The van der Waals surface area contributed by atoms with Gasteiger partial charge in [-0.3, -0.25) is 15.1 Å². The normalized spacial score (nSPS) is 10.8. The number of carbonyl (C=O) groups excluding carboxylic acids is 1. The third kappa shape index (κ3) is 3.21. The summed E-state index contributed by atoms with van der Waals surface area (Å²) in [4.78, 5) is 21.8. The van der Waals surface area contributed by atoms with E-state index in [0.717, 1.165) is 27.7 Å². The standard InChI is InChI=1S/C21H17N3OS/c1-13-8-9-18-16(10-13)11-17(14(2)22-18)20(25)24-21-23-19(12-26-21)15-6-4-3-5-7-15/h3-12H,1-2H3,(H,23,24,25). The van der Waals surface area contributed by atoms with Crippen LogP contribution in [0.5, 0.6) is 0 Å². The first-order valence-electron chi connectivity index (χ1n) is 8.30. The summed E-state index contributed by atoms with van der Waals surface area (Å²) >= 11 is 1.42. The van der Waals surface area contributed by atoms with Crippen LogP contribution in [0, 0.1) is 13.8 Å². The summed E-state index contributed by atoms with van der Waals surface area (Å²) in [7, 11) is 0. The van der Waals surface area contributed by atoms with E-state index in [1.54, 1.807) is 0 Å². The van der Waals surface area contributed by atoms with E-state index in [9.17, 15) is 4.79 Å². The van der Waals surface area contributed by atoms with Gasteiger partial charge in [0.25, 0.3) is 5.91 Å². The molecule has 1 N–H and O–H groups in total. The van der Waals surface area contributed by atoms with Crippen LogP contribution in [0.25, 0.3) is 22.2 Å². The second-order valence-electron chi connectivity index (χ2n) is 6.18. The van der Waals surface area contributed by atoms with Crippen molar-refractivity contribution in [3.63, 3.8) is 0 Å². The molecule has 4 rings (SSSR count). The highest BCUT2D eigenvalue weighted by Gasteiger charge is 2.14. The average Bonchev–Trinajstić information content (AvgIpc) is 3.10. The molecule has 0 unspecified atom stereocenters. The minimum atomic E-state index is -0.188. The fourth-order valence-electron chi connectivity index (χ4n) is 2.86. The number of thiazole rings is 1. The van der Waals surface area contributed by atoms with Gasteiger partial charge >= 0.3 is 0 Å². The molecule has 2 aromatic heterocycles. The van der Waals surface area contributed by atoms with Gasteiger partial charge < -0.3 is 0 Å². The molecule has 26 heavy (non-hydrogen) atoms.